The Balaban J connectivity index is 1.41. The van der Waals surface area contributed by atoms with Crippen molar-refractivity contribution in [2.45, 2.75) is 19.4 Å². The maximum atomic E-state index is 13.8. The number of amides is 3. The Morgan fingerprint density at radius 1 is 0.886 bits per heavy atom. The minimum Gasteiger partial charge on any atom is -0.292 e. The lowest BCUT2D eigenvalue weighted by molar-refractivity contribution is -0.156. The van der Waals surface area contributed by atoms with Gasteiger partial charge >= 0.3 is 0 Å². The van der Waals surface area contributed by atoms with E-state index in [1.165, 1.54) is 25.1 Å². The van der Waals surface area contributed by atoms with Gasteiger partial charge in [0.15, 0.2) is 5.78 Å². The fourth-order valence-corrected chi connectivity index (χ4v) is 6.61. The zero-order chi connectivity index (χ0) is 24.6. The molecule has 1 aliphatic heterocycles. The lowest BCUT2D eigenvalue weighted by Gasteiger charge is -2.37. The zero-order valence-electron chi connectivity index (χ0n) is 18.8. The van der Waals surface area contributed by atoms with Gasteiger partial charge in [-0.05, 0) is 55.2 Å². The highest BCUT2D eigenvalue weighted by molar-refractivity contribution is 6.42. The molecule has 7 atom stereocenters. The molecule has 4 aliphatic carbocycles. The van der Waals surface area contributed by atoms with Gasteiger partial charge in [-0.2, -0.15) is 5.01 Å². The molecule has 0 radical (unpaired) electrons. The summed E-state index contributed by atoms with van der Waals surface area (Å²) in [5.41, 5.74) is 0.512. The van der Waals surface area contributed by atoms with Crippen LogP contribution in [0.3, 0.4) is 0 Å². The molecule has 3 fully saturated rings. The standard InChI is InChI=1S/C27H22Cl2N2O4/c1-13(24(32)14-5-3-2-4-6-14)30(25(33)15-7-10-20(28)21(29)11-15)31-26(34)22-16-8-9-17(19-12-18(16)19)23(22)27(31)35/h2-11,13,16-19,22-23H,12H2,1H3/t13-,16+,17+,18+,19+,22-,23-/m1/s1. The number of carbonyl (C=O) groups is 4. The summed E-state index contributed by atoms with van der Waals surface area (Å²) in [7, 11) is 0. The Hall–Kier alpha value is -2.96. The van der Waals surface area contributed by atoms with Crippen LogP contribution in [0.1, 0.15) is 34.1 Å². The van der Waals surface area contributed by atoms with Crippen LogP contribution in [0.2, 0.25) is 10.0 Å². The fraction of sp³-hybridized carbons (Fsp3) is 0.333. The lowest BCUT2D eigenvalue weighted by atomic mass is 9.63. The van der Waals surface area contributed by atoms with Gasteiger partial charge in [-0.15, -0.1) is 0 Å². The molecule has 3 amide bonds. The summed E-state index contributed by atoms with van der Waals surface area (Å²) in [6.45, 7) is 1.54. The van der Waals surface area contributed by atoms with Crippen molar-refractivity contribution in [3.63, 3.8) is 0 Å². The van der Waals surface area contributed by atoms with Crippen molar-refractivity contribution in [1.29, 1.82) is 0 Å². The van der Waals surface area contributed by atoms with Crippen molar-refractivity contribution in [2.75, 3.05) is 0 Å². The van der Waals surface area contributed by atoms with E-state index in [1.54, 1.807) is 30.3 Å². The van der Waals surface area contributed by atoms with Crippen molar-refractivity contribution in [3.8, 4) is 0 Å². The SMILES string of the molecule is C[C@H](C(=O)c1ccccc1)N(C(=O)c1ccc(Cl)c(Cl)c1)N1C(=O)[C@@H]2[C@H]3C=C[C@@H]([C@@H]4C[C@@H]34)[C@H]2C1=O. The number of hydrogen-bond acceptors (Lipinski definition) is 4. The van der Waals surface area contributed by atoms with Gasteiger partial charge in [0.2, 0.25) is 0 Å². The monoisotopic (exact) mass is 508 g/mol. The quantitative estimate of drug-likeness (QED) is 0.334. The molecule has 35 heavy (non-hydrogen) atoms. The highest BCUT2D eigenvalue weighted by Crippen LogP contribution is 2.65. The number of allylic oxidation sites excluding steroid dienone is 2. The van der Waals surface area contributed by atoms with Crippen LogP contribution < -0.4 is 0 Å². The number of ketones is 1. The average molecular weight is 509 g/mol. The normalized spacial score (nSPS) is 30.7. The molecule has 2 saturated carbocycles. The summed E-state index contributed by atoms with van der Waals surface area (Å²) in [6.07, 6.45) is 5.17. The molecule has 0 N–H and O–H groups in total. The van der Waals surface area contributed by atoms with Crippen LogP contribution >= 0.6 is 23.2 Å². The molecular weight excluding hydrogens is 487 g/mol. The molecule has 2 bridgehead atoms. The van der Waals surface area contributed by atoms with Crippen LogP contribution in [0.5, 0.6) is 0 Å². The second-order valence-corrected chi connectivity index (χ2v) is 10.6. The van der Waals surface area contributed by atoms with Gasteiger partial charge in [-0.1, -0.05) is 65.7 Å². The summed E-state index contributed by atoms with van der Waals surface area (Å²) >= 11 is 12.2. The first-order valence-corrected chi connectivity index (χ1v) is 12.5. The molecule has 0 unspecified atom stereocenters. The van der Waals surface area contributed by atoms with Crippen molar-refractivity contribution >= 4 is 46.7 Å². The molecule has 0 spiro atoms. The maximum Gasteiger partial charge on any atom is 0.273 e. The van der Waals surface area contributed by atoms with Crippen molar-refractivity contribution in [1.82, 2.24) is 10.0 Å². The number of imide groups is 1. The Morgan fingerprint density at radius 3 is 2.06 bits per heavy atom. The summed E-state index contributed by atoms with van der Waals surface area (Å²) in [6, 6.07) is 11.8. The van der Waals surface area contributed by atoms with E-state index < -0.39 is 35.6 Å². The third kappa shape index (κ3) is 3.30. The minimum absolute atomic E-state index is 0.00138. The first kappa shape index (κ1) is 22.5. The number of hydrazine groups is 1. The van der Waals surface area contributed by atoms with Gasteiger partial charge in [-0.25, -0.2) is 5.01 Å². The second-order valence-electron chi connectivity index (χ2n) is 9.83. The van der Waals surface area contributed by atoms with E-state index in [0.29, 0.717) is 17.4 Å². The first-order valence-electron chi connectivity index (χ1n) is 11.7. The van der Waals surface area contributed by atoms with E-state index in [2.05, 4.69) is 12.2 Å². The van der Waals surface area contributed by atoms with Gasteiger partial charge < -0.3 is 0 Å². The first-order chi connectivity index (χ1) is 16.8. The molecule has 7 rings (SSSR count). The Morgan fingerprint density at radius 2 is 1.49 bits per heavy atom. The number of halogens is 2. The van der Waals surface area contributed by atoms with E-state index in [-0.39, 0.29) is 33.2 Å². The van der Waals surface area contributed by atoms with Crippen LogP contribution in [0.25, 0.3) is 0 Å². The average Bonchev–Trinajstić information content (AvgIpc) is 3.65. The number of carbonyl (C=O) groups excluding carboxylic acids is 4. The Labute approximate surface area is 212 Å². The number of rotatable bonds is 5. The van der Waals surface area contributed by atoms with Crippen LogP contribution in [-0.2, 0) is 9.59 Å². The fourth-order valence-electron chi connectivity index (χ4n) is 6.31. The number of hydrogen-bond donors (Lipinski definition) is 0. The molecule has 8 heteroatoms. The zero-order valence-corrected chi connectivity index (χ0v) is 20.3. The maximum absolute atomic E-state index is 13.8. The summed E-state index contributed by atoms with van der Waals surface area (Å²) in [5, 5.41) is 2.41. The lowest BCUT2D eigenvalue weighted by Crippen LogP contribution is -2.56. The number of Topliss-reactive ketones (excluding diaryl/α,β-unsaturated/α-hetero) is 1. The highest BCUT2D eigenvalue weighted by Gasteiger charge is 2.68. The van der Waals surface area contributed by atoms with Crippen molar-refractivity contribution < 1.29 is 19.2 Å². The number of nitrogens with zero attached hydrogens (tertiary/aromatic N) is 2. The van der Waals surface area contributed by atoms with E-state index >= 15 is 0 Å². The summed E-state index contributed by atoms with van der Waals surface area (Å²) in [4.78, 5) is 54.8. The molecule has 1 saturated heterocycles. The predicted molar refractivity (Wildman–Crippen MR) is 129 cm³/mol. The third-order valence-corrected chi connectivity index (χ3v) is 8.77. The van der Waals surface area contributed by atoms with E-state index in [9.17, 15) is 19.2 Å². The third-order valence-electron chi connectivity index (χ3n) is 8.03. The molecule has 178 valence electrons. The van der Waals surface area contributed by atoms with Crippen molar-refractivity contribution in [2.24, 2.45) is 35.5 Å². The van der Waals surface area contributed by atoms with E-state index in [4.69, 9.17) is 23.2 Å². The Kier molecular flexibility index (Phi) is 5.17. The molecule has 6 nitrogen and oxygen atoms in total. The largest absolute Gasteiger partial charge is 0.292 e. The van der Waals surface area contributed by atoms with Gasteiger partial charge in [-0.3, -0.25) is 19.2 Å². The van der Waals surface area contributed by atoms with Crippen LogP contribution in [0, 0.1) is 35.5 Å². The summed E-state index contributed by atoms with van der Waals surface area (Å²) in [5.74, 6) is -2.01. The topological polar surface area (TPSA) is 74.8 Å². The Bertz CT molecular complexity index is 1270. The minimum atomic E-state index is -1.10. The molecule has 1 heterocycles. The molecule has 5 aliphatic rings. The molecule has 2 aromatic carbocycles. The predicted octanol–water partition coefficient (Wildman–Crippen LogP) is 4.68. The van der Waals surface area contributed by atoms with E-state index in [1.807, 2.05) is 0 Å². The second kappa shape index (κ2) is 8.04. The smallest absolute Gasteiger partial charge is 0.273 e. The molecule has 0 aromatic heterocycles. The van der Waals surface area contributed by atoms with Gasteiger partial charge in [0.1, 0.15) is 6.04 Å². The molecular formula is C27H22Cl2N2O4. The van der Waals surface area contributed by atoms with Gasteiger partial charge in [0.05, 0.1) is 21.9 Å². The summed E-state index contributed by atoms with van der Waals surface area (Å²) < 4.78 is 0. The van der Waals surface area contributed by atoms with Crippen molar-refractivity contribution in [3.05, 3.63) is 81.9 Å². The number of benzene rings is 2. The van der Waals surface area contributed by atoms with Crippen LogP contribution in [-0.4, -0.2) is 39.6 Å². The van der Waals surface area contributed by atoms with Crippen LogP contribution in [0.4, 0.5) is 0 Å². The van der Waals surface area contributed by atoms with Crippen LogP contribution in [0.15, 0.2) is 60.7 Å². The van der Waals surface area contributed by atoms with E-state index in [0.717, 1.165) is 16.4 Å². The highest BCUT2D eigenvalue weighted by atomic mass is 35.5. The van der Waals surface area contributed by atoms with Gasteiger partial charge in [0.25, 0.3) is 17.7 Å². The molecule has 2 aromatic rings. The van der Waals surface area contributed by atoms with Gasteiger partial charge in [0, 0.05) is 11.1 Å².